The number of carbonyl (C=O) groups is 2. The Balaban J connectivity index is 1.55. The molecular formula is C23H21N3O2. The highest BCUT2D eigenvalue weighted by Gasteiger charge is 2.29. The highest BCUT2D eigenvalue weighted by Crippen LogP contribution is 2.42. The van der Waals surface area contributed by atoms with Gasteiger partial charge in [-0.25, -0.2) is 4.79 Å². The lowest BCUT2D eigenvalue weighted by Crippen LogP contribution is -2.32. The van der Waals surface area contributed by atoms with Gasteiger partial charge < -0.3 is 15.5 Å². The molecule has 0 saturated heterocycles. The van der Waals surface area contributed by atoms with Gasteiger partial charge >= 0.3 is 6.03 Å². The predicted molar refractivity (Wildman–Crippen MR) is 110 cm³/mol. The van der Waals surface area contributed by atoms with Crippen molar-refractivity contribution in [1.29, 1.82) is 0 Å². The van der Waals surface area contributed by atoms with Gasteiger partial charge in [-0.05, 0) is 40.5 Å². The van der Waals surface area contributed by atoms with Crippen molar-refractivity contribution in [2.24, 2.45) is 0 Å². The number of anilines is 1. The summed E-state index contributed by atoms with van der Waals surface area (Å²) in [6, 6.07) is 22.6. The van der Waals surface area contributed by atoms with E-state index >= 15 is 0 Å². The van der Waals surface area contributed by atoms with Crippen LogP contribution in [0.2, 0.25) is 0 Å². The van der Waals surface area contributed by atoms with Crippen LogP contribution in [0.15, 0.2) is 72.8 Å². The molecule has 0 aliphatic heterocycles. The van der Waals surface area contributed by atoms with Crippen molar-refractivity contribution < 1.29 is 9.59 Å². The van der Waals surface area contributed by atoms with E-state index in [1.54, 1.807) is 38.4 Å². The molecule has 1 aliphatic carbocycles. The number of nitrogens with zero attached hydrogens (tertiary/aromatic N) is 1. The number of fused-ring (bicyclic) bond motifs is 3. The molecule has 4 rings (SSSR count). The van der Waals surface area contributed by atoms with Crippen molar-refractivity contribution in [3.8, 4) is 11.1 Å². The average molecular weight is 371 g/mol. The molecule has 5 nitrogen and oxygen atoms in total. The molecule has 0 bridgehead atoms. The molecule has 3 amide bonds. The molecule has 5 heteroatoms. The lowest BCUT2D eigenvalue weighted by atomic mass is 10.1. The summed E-state index contributed by atoms with van der Waals surface area (Å²) in [6.45, 7) is 0. The van der Waals surface area contributed by atoms with Crippen molar-refractivity contribution in [2.45, 2.75) is 6.04 Å². The van der Waals surface area contributed by atoms with Crippen LogP contribution in [0, 0.1) is 0 Å². The first kappa shape index (κ1) is 17.8. The fraction of sp³-hybridized carbons (Fsp3) is 0.130. The highest BCUT2D eigenvalue weighted by molar-refractivity contribution is 5.97. The maximum Gasteiger partial charge on any atom is 0.319 e. The van der Waals surface area contributed by atoms with Crippen molar-refractivity contribution in [3.05, 3.63) is 89.5 Å². The number of carbonyl (C=O) groups excluding carboxylic acids is 2. The van der Waals surface area contributed by atoms with E-state index in [4.69, 9.17) is 0 Å². The molecule has 0 radical (unpaired) electrons. The van der Waals surface area contributed by atoms with Crippen LogP contribution in [0.4, 0.5) is 10.5 Å². The number of urea groups is 1. The van der Waals surface area contributed by atoms with Crippen molar-refractivity contribution in [3.63, 3.8) is 0 Å². The van der Waals surface area contributed by atoms with Gasteiger partial charge in [0.1, 0.15) is 0 Å². The summed E-state index contributed by atoms with van der Waals surface area (Å²) in [7, 11) is 3.40. The van der Waals surface area contributed by atoms with Gasteiger partial charge in [0.25, 0.3) is 5.91 Å². The first-order chi connectivity index (χ1) is 13.5. The molecule has 0 fully saturated rings. The van der Waals surface area contributed by atoms with Gasteiger partial charge in [0.15, 0.2) is 0 Å². The van der Waals surface area contributed by atoms with E-state index in [0.717, 1.165) is 22.3 Å². The first-order valence-electron chi connectivity index (χ1n) is 9.12. The third-order valence-corrected chi connectivity index (χ3v) is 4.88. The zero-order valence-electron chi connectivity index (χ0n) is 15.8. The maximum absolute atomic E-state index is 12.7. The molecule has 0 atom stereocenters. The molecule has 3 aromatic carbocycles. The molecular weight excluding hydrogens is 350 g/mol. The smallest absolute Gasteiger partial charge is 0.319 e. The fourth-order valence-electron chi connectivity index (χ4n) is 3.60. The number of nitrogens with one attached hydrogen (secondary N) is 2. The summed E-state index contributed by atoms with van der Waals surface area (Å²) >= 11 is 0. The second-order valence-electron chi connectivity index (χ2n) is 6.99. The van der Waals surface area contributed by atoms with E-state index < -0.39 is 0 Å². The molecule has 0 unspecified atom stereocenters. The summed E-state index contributed by atoms with van der Waals surface area (Å²) in [4.78, 5) is 26.3. The quantitative estimate of drug-likeness (QED) is 0.722. The monoisotopic (exact) mass is 371 g/mol. The molecule has 28 heavy (non-hydrogen) atoms. The number of benzene rings is 3. The Kier molecular flexibility index (Phi) is 4.57. The van der Waals surface area contributed by atoms with Gasteiger partial charge in [-0.2, -0.15) is 0 Å². The second-order valence-corrected chi connectivity index (χ2v) is 6.99. The molecule has 2 N–H and O–H groups in total. The third-order valence-electron chi connectivity index (χ3n) is 4.88. The number of rotatable bonds is 3. The highest BCUT2D eigenvalue weighted by atomic mass is 16.2. The van der Waals surface area contributed by atoms with E-state index in [2.05, 4.69) is 22.8 Å². The first-order valence-corrected chi connectivity index (χ1v) is 9.12. The van der Waals surface area contributed by atoms with Crippen LogP contribution >= 0.6 is 0 Å². The van der Waals surface area contributed by atoms with Crippen molar-refractivity contribution >= 4 is 17.6 Å². The van der Waals surface area contributed by atoms with Gasteiger partial charge in [0.2, 0.25) is 0 Å². The van der Waals surface area contributed by atoms with E-state index in [1.807, 2.05) is 36.4 Å². The van der Waals surface area contributed by atoms with Crippen LogP contribution in [0.3, 0.4) is 0 Å². The van der Waals surface area contributed by atoms with Crippen LogP contribution in [0.1, 0.15) is 27.5 Å². The Morgan fingerprint density at radius 1 is 0.821 bits per heavy atom. The van der Waals surface area contributed by atoms with Gasteiger partial charge in [-0.15, -0.1) is 0 Å². The predicted octanol–water partition coefficient (Wildman–Crippen LogP) is 4.28. The van der Waals surface area contributed by atoms with Crippen LogP contribution < -0.4 is 10.6 Å². The van der Waals surface area contributed by atoms with E-state index in [0.29, 0.717) is 11.3 Å². The minimum absolute atomic E-state index is 0.109. The largest absolute Gasteiger partial charge is 0.345 e. The Morgan fingerprint density at radius 2 is 1.43 bits per heavy atom. The maximum atomic E-state index is 12.7. The van der Waals surface area contributed by atoms with Crippen LogP contribution in [0.5, 0.6) is 0 Å². The molecule has 3 aromatic rings. The van der Waals surface area contributed by atoms with Gasteiger partial charge in [-0.1, -0.05) is 54.6 Å². The lowest BCUT2D eigenvalue weighted by molar-refractivity contribution is 0.0827. The lowest BCUT2D eigenvalue weighted by Gasteiger charge is -2.17. The SMILES string of the molecule is CN(C)C(=O)c1cccc(NC(=O)NC2c3ccccc3-c3ccccc32)c1. The average Bonchev–Trinajstić information content (AvgIpc) is 3.01. The molecule has 140 valence electrons. The number of hydrogen-bond donors (Lipinski definition) is 2. The van der Waals surface area contributed by atoms with E-state index in [1.165, 1.54) is 4.90 Å². The summed E-state index contributed by atoms with van der Waals surface area (Å²) in [5.74, 6) is -0.109. The Hall–Kier alpha value is -3.60. The van der Waals surface area contributed by atoms with Gasteiger partial charge in [-0.3, -0.25) is 4.79 Å². The summed E-state index contributed by atoms with van der Waals surface area (Å²) < 4.78 is 0. The molecule has 1 aliphatic rings. The Morgan fingerprint density at radius 3 is 2.04 bits per heavy atom. The summed E-state index contributed by atoms with van der Waals surface area (Å²) in [6.07, 6.45) is 0. The minimum Gasteiger partial charge on any atom is -0.345 e. The molecule has 0 saturated carbocycles. The fourth-order valence-corrected chi connectivity index (χ4v) is 3.60. The zero-order chi connectivity index (χ0) is 19.7. The van der Waals surface area contributed by atoms with Crippen LogP contribution in [0.25, 0.3) is 11.1 Å². The van der Waals surface area contributed by atoms with E-state index in [9.17, 15) is 9.59 Å². The Labute approximate surface area is 164 Å². The third kappa shape index (κ3) is 3.22. The Bertz CT molecular complexity index is 1010. The number of amides is 3. The normalized spacial score (nSPS) is 12.1. The van der Waals surface area contributed by atoms with E-state index in [-0.39, 0.29) is 18.0 Å². The van der Waals surface area contributed by atoms with Gasteiger partial charge in [0, 0.05) is 25.3 Å². The number of hydrogen-bond acceptors (Lipinski definition) is 2. The molecule has 0 aromatic heterocycles. The molecule has 0 spiro atoms. The van der Waals surface area contributed by atoms with Crippen LogP contribution in [-0.4, -0.2) is 30.9 Å². The standard InChI is InChI=1S/C23H21N3O2/c1-26(2)22(27)15-8-7-9-16(14-15)24-23(28)25-21-19-12-5-3-10-17(19)18-11-4-6-13-20(18)21/h3-14,21H,1-2H3,(H2,24,25,28). The van der Waals surface area contributed by atoms with Gasteiger partial charge in [0.05, 0.1) is 6.04 Å². The second kappa shape index (κ2) is 7.19. The van der Waals surface area contributed by atoms with Crippen LogP contribution in [-0.2, 0) is 0 Å². The van der Waals surface area contributed by atoms with Crippen molar-refractivity contribution in [2.75, 3.05) is 19.4 Å². The topological polar surface area (TPSA) is 61.4 Å². The molecule has 0 heterocycles. The minimum atomic E-state index is -0.314. The summed E-state index contributed by atoms with van der Waals surface area (Å²) in [5.41, 5.74) is 5.54. The summed E-state index contributed by atoms with van der Waals surface area (Å²) in [5, 5.41) is 5.91. The van der Waals surface area contributed by atoms with Crippen molar-refractivity contribution in [1.82, 2.24) is 10.2 Å². The zero-order valence-corrected chi connectivity index (χ0v) is 15.8.